The molecule has 0 bridgehead atoms. The van der Waals surface area contributed by atoms with Gasteiger partial charge in [-0.15, -0.1) is 0 Å². The summed E-state index contributed by atoms with van der Waals surface area (Å²) in [6.45, 7) is 5.88. The lowest BCUT2D eigenvalue weighted by Gasteiger charge is -2.31. The Bertz CT molecular complexity index is 1200. The third-order valence-electron chi connectivity index (χ3n) is 4.90. The Morgan fingerprint density at radius 3 is 2.45 bits per heavy atom. The second-order valence-corrected chi connectivity index (χ2v) is 8.05. The van der Waals surface area contributed by atoms with E-state index in [1.807, 2.05) is 13.8 Å². The van der Waals surface area contributed by atoms with Crippen molar-refractivity contribution in [2.75, 3.05) is 11.9 Å². The van der Waals surface area contributed by atoms with Crippen molar-refractivity contribution in [1.29, 1.82) is 0 Å². The van der Waals surface area contributed by atoms with Crippen LogP contribution in [0.15, 0.2) is 41.3 Å². The van der Waals surface area contributed by atoms with E-state index in [-0.39, 0.29) is 16.3 Å². The second-order valence-electron chi connectivity index (χ2n) is 7.64. The summed E-state index contributed by atoms with van der Waals surface area (Å²) >= 11 is 5.79. The number of H-pyrrole nitrogens is 1. The van der Waals surface area contributed by atoms with E-state index in [0.717, 1.165) is 12.1 Å². The molecule has 0 aliphatic heterocycles. The highest BCUT2D eigenvalue weighted by molar-refractivity contribution is 6.31. The highest BCUT2D eigenvalue weighted by atomic mass is 35.5. The molecule has 3 rings (SSSR count). The van der Waals surface area contributed by atoms with Crippen LogP contribution in [-0.2, 0) is 0 Å². The van der Waals surface area contributed by atoms with E-state index >= 15 is 0 Å². The van der Waals surface area contributed by atoms with Gasteiger partial charge < -0.3 is 15.2 Å². The van der Waals surface area contributed by atoms with Gasteiger partial charge in [0.05, 0.1) is 16.5 Å². The lowest BCUT2D eigenvalue weighted by molar-refractivity contribution is 0.184. The Morgan fingerprint density at radius 1 is 1.13 bits per heavy atom. The Balaban J connectivity index is 2.02. The number of aromatic nitrogens is 1. The molecule has 31 heavy (non-hydrogen) atoms. The highest BCUT2D eigenvalue weighted by Gasteiger charge is 2.26. The largest absolute Gasteiger partial charge is 0.328 e. The highest BCUT2D eigenvalue weighted by Crippen LogP contribution is 2.29. The molecule has 2 aromatic carbocycles. The second kappa shape index (κ2) is 9.01. The molecule has 2 N–H and O–H groups in total. The van der Waals surface area contributed by atoms with Gasteiger partial charge in [0.1, 0.15) is 5.82 Å². The number of anilines is 1. The fourth-order valence-corrected chi connectivity index (χ4v) is 3.58. The maximum absolute atomic E-state index is 14.3. The fourth-order valence-electron chi connectivity index (χ4n) is 3.40. The number of nitrogens with one attached hydrogen (secondary N) is 2. The molecular formula is C22H21ClF3N3O2. The fraction of sp³-hybridized carbons (Fsp3) is 0.273. The van der Waals surface area contributed by atoms with Crippen LogP contribution in [-0.4, -0.2) is 22.5 Å². The van der Waals surface area contributed by atoms with Crippen molar-refractivity contribution in [3.63, 3.8) is 0 Å². The third kappa shape index (κ3) is 4.69. The van der Waals surface area contributed by atoms with Crippen LogP contribution in [0.5, 0.6) is 0 Å². The number of carbonyl (C=O) groups is 1. The molecule has 1 atom stereocenters. The molecule has 164 valence electrons. The number of fused-ring (bicyclic) bond motifs is 1. The first kappa shape index (κ1) is 22.7. The van der Waals surface area contributed by atoms with E-state index in [4.69, 9.17) is 11.6 Å². The first-order valence-electron chi connectivity index (χ1n) is 9.62. The summed E-state index contributed by atoms with van der Waals surface area (Å²) in [6.07, 6.45) is 1.39. The van der Waals surface area contributed by atoms with Crippen molar-refractivity contribution >= 4 is 34.1 Å². The lowest BCUT2D eigenvalue weighted by atomic mass is 10.00. The Morgan fingerprint density at radius 2 is 1.81 bits per heavy atom. The average molecular weight is 452 g/mol. The molecular weight excluding hydrogens is 431 g/mol. The third-order valence-corrected chi connectivity index (χ3v) is 5.19. The summed E-state index contributed by atoms with van der Waals surface area (Å²) in [5.74, 6) is -2.91. The zero-order chi connectivity index (χ0) is 22.9. The number of nitrogens with zero attached hydrogens (tertiary/aromatic N) is 1. The van der Waals surface area contributed by atoms with Crippen molar-refractivity contribution in [2.45, 2.75) is 26.8 Å². The van der Waals surface area contributed by atoms with Crippen molar-refractivity contribution in [3.05, 3.63) is 74.9 Å². The van der Waals surface area contributed by atoms with E-state index in [9.17, 15) is 22.8 Å². The van der Waals surface area contributed by atoms with Crippen LogP contribution in [0.1, 0.15) is 32.4 Å². The molecule has 3 aromatic rings. The molecule has 0 aliphatic carbocycles. The molecule has 5 nitrogen and oxygen atoms in total. The first-order chi connectivity index (χ1) is 14.6. The minimum atomic E-state index is -1.24. The number of hydrogen-bond donors (Lipinski definition) is 2. The normalized spacial score (nSPS) is 12.3. The summed E-state index contributed by atoms with van der Waals surface area (Å²) in [7, 11) is 0. The molecule has 2 amide bonds. The van der Waals surface area contributed by atoms with E-state index < -0.39 is 40.5 Å². The zero-order valence-electron chi connectivity index (χ0n) is 17.1. The van der Waals surface area contributed by atoms with Crippen LogP contribution >= 0.6 is 11.6 Å². The maximum atomic E-state index is 14.3. The quantitative estimate of drug-likeness (QED) is 0.511. The monoisotopic (exact) mass is 451 g/mol. The van der Waals surface area contributed by atoms with Gasteiger partial charge in [0.25, 0.3) is 5.56 Å². The summed E-state index contributed by atoms with van der Waals surface area (Å²) in [4.78, 5) is 29.1. The summed E-state index contributed by atoms with van der Waals surface area (Å²) < 4.78 is 41.4. The van der Waals surface area contributed by atoms with Crippen molar-refractivity contribution in [1.82, 2.24) is 9.88 Å². The van der Waals surface area contributed by atoms with Crippen molar-refractivity contribution < 1.29 is 18.0 Å². The molecule has 0 aliphatic rings. The molecule has 0 saturated heterocycles. The van der Waals surface area contributed by atoms with Gasteiger partial charge in [-0.3, -0.25) is 4.79 Å². The minimum Gasteiger partial charge on any atom is -0.328 e. The summed E-state index contributed by atoms with van der Waals surface area (Å²) in [5.41, 5.74) is -0.0120. The topological polar surface area (TPSA) is 65.2 Å². The molecule has 9 heteroatoms. The van der Waals surface area contributed by atoms with E-state index in [1.54, 1.807) is 6.92 Å². The van der Waals surface area contributed by atoms with Crippen molar-refractivity contribution in [2.24, 2.45) is 5.92 Å². The number of rotatable bonds is 5. The molecule has 1 aromatic heterocycles. The first-order valence-corrected chi connectivity index (χ1v) is 10.00. The predicted molar refractivity (Wildman–Crippen MR) is 115 cm³/mol. The number of carbonyl (C=O) groups excluding carboxylic acids is 1. The van der Waals surface area contributed by atoms with Crippen LogP contribution < -0.4 is 10.9 Å². The number of urea groups is 1. The number of amides is 2. The number of pyridine rings is 1. The van der Waals surface area contributed by atoms with Gasteiger partial charge in [0.2, 0.25) is 0 Å². The van der Waals surface area contributed by atoms with Crippen LogP contribution in [0.25, 0.3) is 10.8 Å². The van der Waals surface area contributed by atoms with Gasteiger partial charge in [0.15, 0.2) is 11.6 Å². The molecule has 0 radical (unpaired) electrons. The van der Waals surface area contributed by atoms with Crippen LogP contribution in [0.4, 0.5) is 23.7 Å². The summed E-state index contributed by atoms with van der Waals surface area (Å²) in [6, 6.07) is 4.97. The minimum absolute atomic E-state index is 0.0770. The number of aromatic amines is 1. The molecule has 0 unspecified atom stereocenters. The van der Waals surface area contributed by atoms with Gasteiger partial charge in [0, 0.05) is 18.4 Å². The molecule has 1 heterocycles. The van der Waals surface area contributed by atoms with Gasteiger partial charge >= 0.3 is 6.03 Å². The lowest BCUT2D eigenvalue weighted by Crippen LogP contribution is -2.39. The smallest absolute Gasteiger partial charge is 0.322 e. The average Bonchev–Trinajstić information content (AvgIpc) is 2.71. The maximum Gasteiger partial charge on any atom is 0.322 e. The van der Waals surface area contributed by atoms with E-state index in [0.29, 0.717) is 17.8 Å². The van der Waals surface area contributed by atoms with Crippen LogP contribution in [0.3, 0.4) is 0 Å². The number of benzene rings is 2. The molecule has 0 spiro atoms. The van der Waals surface area contributed by atoms with Crippen molar-refractivity contribution in [3.8, 4) is 0 Å². The van der Waals surface area contributed by atoms with Gasteiger partial charge in [-0.2, -0.15) is 0 Å². The van der Waals surface area contributed by atoms with Gasteiger partial charge in [-0.05, 0) is 48.1 Å². The zero-order valence-corrected chi connectivity index (χ0v) is 17.9. The Hall–Kier alpha value is -3.00. The summed E-state index contributed by atoms with van der Waals surface area (Å²) in [5, 5.41) is 2.35. The van der Waals surface area contributed by atoms with E-state index in [1.165, 1.54) is 29.3 Å². The number of halogens is 4. The molecule has 0 fully saturated rings. The molecule has 0 saturated carbocycles. The Kier molecular flexibility index (Phi) is 6.59. The van der Waals surface area contributed by atoms with Crippen LogP contribution in [0, 0.1) is 23.4 Å². The standard InChI is InChI=1S/C22H21ClF3N3O2/c1-11(2)10-29(22(31)28-13-4-6-17(24)16(23)8-13)12(3)15-9-27-21(30)19-14(15)5-7-18(25)20(19)26/h4-9,11-12H,10H2,1-3H3,(H,27,30)(H,28,31)/t12-/m0/s1. The van der Waals surface area contributed by atoms with Crippen LogP contribution in [0.2, 0.25) is 5.02 Å². The van der Waals surface area contributed by atoms with E-state index in [2.05, 4.69) is 10.3 Å². The predicted octanol–water partition coefficient (Wildman–Crippen LogP) is 5.85. The number of hydrogen-bond acceptors (Lipinski definition) is 2. The Labute approximate surface area is 181 Å². The van der Waals surface area contributed by atoms with Gasteiger partial charge in [-0.1, -0.05) is 31.5 Å². The SMILES string of the molecule is CC(C)CN(C(=O)Nc1ccc(F)c(Cl)c1)[C@@H](C)c1c[nH]c(=O)c2c(F)c(F)ccc12. The van der Waals surface area contributed by atoms with Gasteiger partial charge in [-0.25, -0.2) is 18.0 Å².